The van der Waals surface area contributed by atoms with E-state index in [2.05, 4.69) is 36.1 Å². The fourth-order valence-corrected chi connectivity index (χ4v) is 5.48. The fraction of sp³-hybridized carbons (Fsp3) is 0.667. The molecule has 0 spiro atoms. The van der Waals surface area contributed by atoms with E-state index in [0.29, 0.717) is 23.8 Å². The molecule has 1 amide bonds. The lowest BCUT2D eigenvalue weighted by Gasteiger charge is -2.44. The highest BCUT2D eigenvalue weighted by molar-refractivity contribution is 5.85. The van der Waals surface area contributed by atoms with Crippen LogP contribution in [0.15, 0.2) is 24.3 Å². The molecular weight excluding hydrogens is 332 g/mol. The van der Waals surface area contributed by atoms with Crippen LogP contribution in [0.25, 0.3) is 0 Å². The van der Waals surface area contributed by atoms with Crippen molar-refractivity contribution in [1.82, 2.24) is 4.90 Å². The summed E-state index contributed by atoms with van der Waals surface area (Å²) >= 11 is 0. The molecule has 0 aromatic heterocycles. The number of likely N-dealkylation sites (tertiary alicyclic amines) is 1. The molecule has 2 bridgehead atoms. The molecule has 2 aliphatic carbocycles. The van der Waals surface area contributed by atoms with Crippen LogP contribution in [-0.4, -0.2) is 23.4 Å². The van der Waals surface area contributed by atoms with Crippen molar-refractivity contribution in [2.24, 2.45) is 23.5 Å². The number of rotatable bonds is 2. The van der Waals surface area contributed by atoms with Crippen molar-refractivity contribution in [3.8, 4) is 0 Å². The van der Waals surface area contributed by atoms with Gasteiger partial charge in [-0.25, -0.2) is 0 Å². The molecule has 25 heavy (non-hydrogen) atoms. The summed E-state index contributed by atoms with van der Waals surface area (Å²) in [6.45, 7) is 3.06. The number of hydrogen-bond donors (Lipinski definition) is 1. The molecule has 3 aliphatic rings. The Bertz CT molecular complexity index is 606. The molecule has 3 unspecified atom stereocenters. The molecular formula is C21H31ClN2O. The molecule has 4 heteroatoms. The molecule has 2 saturated carbocycles. The van der Waals surface area contributed by atoms with Crippen LogP contribution in [0.3, 0.4) is 0 Å². The van der Waals surface area contributed by atoms with Crippen LogP contribution in [0.2, 0.25) is 0 Å². The number of carbonyl (C=O) groups excluding carboxylic acids is 1. The lowest BCUT2D eigenvalue weighted by molar-refractivity contribution is -0.139. The first kappa shape index (κ1) is 18.7. The van der Waals surface area contributed by atoms with E-state index in [0.717, 1.165) is 32.2 Å². The van der Waals surface area contributed by atoms with E-state index >= 15 is 0 Å². The summed E-state index contributed by atoms with van der Waals surface area (Å²) < 4.78 is 0. The second kappa shape index (κ2) is 7.67. The molecule has 2 N–H and O–H groups in total. The minimum atomic E-state index is 0. The molecule has 1 heterocycles. The van der Waals surface area contributed by atoms with Crippen molar-refractivity contribution < 1.29 is 4.79 Å². The van der Waals surface area contributed by atoms with Gasteiger partial charge in [0.25, 0.3) is 0 Å². The Hall–Kier alpha value is -1.06. The molecule has 1 aliphatic heterocycles. The average molecular weight is 363 g/mol. The maximum Gasteiger partial charge on any atom is 0.226 e. The second-order valence-electron chi connectivity index (χ2n) is 8.30. The fourth-order valence-electron chi connectivity index (χ4n) is 5.48. The van der Waals surface area contributed by atoms with E-state index in [9.17, 15) is 4.79 Å². The standard InChI is InChI=1S/C21H30N2O.ClH/c1-14-5-2-6-15(11-14)19-9-4-10-23(19)21(24)18-12-16-7-3-8-17(13-18)20(16)22;/h2,5-6,11,16-20H,3-4,7-10,12-13,22H2,1H3;1H. The molecule has 1 aromatic rings. The van der Waals surface area contributed by atoms with Crippen molar-refractivity contribution in [2.45, 2.75) is 64.0 Å². The van der Waals surface area contributed by atoms with Crippen molar-refractivity contribution in [3.05, 3.63) is 35.4 Å². The Morgan fingerprint density at radius 3 is 2.52 bits per heavy atom. The third-order valence-electron chi connectivity index (χ3n) is 6.73. The summed E-state index contributed by atoms with van der Waals surface area (Å²) in [5, 5.41) is 0. The van der Waals surface area contributed by atoms with Gasteiger partial charge in [-0.3, -0.25) is 4.79 Å². The number of nitrogens with two attached hydrogens (primary N) is 1. The van der Waals surface area contributed by atoms with E-state index < -0.39 is 0 Å². The Labute approximate surface area is 157 Å². The molecule has 1 aromatic carbocycles. The van der Waals surface area contributed by atoms with E-state index in [-0.39, 0.29) is 24.4 Å². The number of nitrogens with zero attached hydrogens (tertiary/aromatic N) is 1. The van der Waals surface area contributed by atoms with Crippen LogP contribution in [0.1, 0.15) is 62.1 Å². The molecule has 138 valence electrons. The molecule has 0 radical (unpaired) electrons. The number of benzene rings is 1. The van der Waals surface area contributed by atoms with E-state index in [1.807, 2.05) is 0 Å². The third-order valence-corrected chi connectivity index (χ3v) is 6.73. The van der Waals surface area contributed by atoms with Gasteiger partial charge in [0.1, 0.15) is 0 Å². The van der Waals surface area contributed by atoms with Crippen molar-refractivity contribution >= 4 is 18.3 Å². The highest BCUT2D eigenvalue weighted by Crippen LogP contribution is 2.44. The van der Waals surface area contributed by atoms with Gasteiger partial charge in [-0.05, 0) is 62.8 Å². The molecule has 1 saturated heterocycles. The van der Waals surface area contributed by atoms with Crippen molar-refractivity contribution in [2.75, 3.05) is 6.54 Å². The lowest BCUT2D eigenvalue weighted by atomic mass is 9.65. The highest BCUT2D eigenvalue weighted by atomic mass is 35.5. The van der Waals surface area contributed by atoms with Gasteiger partial charge in [-0.1, -0.05) is 36.2 Å². The summed E-state index contributed by atoms with van der Waals surface area (Å²) in [6.07, 6.45) is 8.03. The quantitative estimate of drug-likeness (QED) is 0.855. The van der Waals surface area contributed by atoms with E-state index in [1.165, 1.54) is 30.4 Å². The SMILES string of the molecule is Cc1cccc(C2CCCN2C(=O)C2CC3CCCC(C2)C3N)c1.Cl. The highest BCUT2D eigenvalue weighted by Gasteiger charge is 2.43. The maximum atomic E-state index is 13.3. The number of hydrogen-bond acceptors (Lipinski definition) is 2. The van der Waals surface area contributed by atoms with Crippen LogP contribution in [0, 0.1) is 24.7 Å². The summed E-state index contributed by atoms with van der Waals surface area (Å²) in [6, 6.07) is 9.32. The first-order valence-corrected chi connectivity index (χ1v) is 9.76. The number of halogens is 1. The van der Waals surface area contributed by atoms with Crippen LogP contribution in [0.4, 0.5) is 0 Å². The monoisotopic (exact) mass is 362 g/mol. The summed E-state index contributed by atoms with van der Waals surface area (Å²) in [5.41, 5.74) is 9.01. The number of amides is 1. The van der Waals surface area contributed by atoms with Crippen molar-refractivity contribution in [3.63, 3.8) is 0 Å². The van der Waals surface area contributed by atoms with Crippen LogP contribution in [-0.2, 0) is 4.79 Å². The molecule has 4 rings (SSSR count). The van der Waals surface area contributed by atoms with E-state index in [1.54, 1.807) is 0 Å². The topological polar surface area (TPSA) is 46.3 Å². The smallest absolute Gasteiger partial charge is 0.226 e. The third kappa shape index (κ3) is 3.59. The maximum absolute atomic E-state index is 13.3. The molecule has 3 atom stereocenters. The van der Waals surface area contributed by atoms with Gasteiger partial charge in [-0.2, -0.15) is 0 Å². The number of aryl methyl sites for hydroxylation is 1. The van der Waals surface area contributed by atoms with Gasteiger partial charge in [0.05, 0.1) is 6.04 Å². The number of fused-ring (bicyclic) bond motifs is 2. The van der Waals surface area contributed by atoms with Gasteiger partial charge in [0.2, 0.25) is 5.91 Å². The zero-order chi connectivity index (χ0) is 16.7. The second-order valence-corrected chi connectivity index (χ2v) is 8.30. The van der Waals surface area contributed by atoms with E-state index in [4.69, 9.17) is 5.73 Å². The predicted octanol–water partition coefficient (Wildman–Crippen LogP) is 4.23. The van der Waals surface area contributed by atoms with Crippen molar-refractivity contribution in [1.29, 1.82) is 0 Å². The predicted molar refractivity (Wildman–Crippen MR) is 104 cm³/mol. The van der Waals surface area contributed by atoms with Gasteiger partial charge in [0, 0.05) is 18.5 Å². The van der Waals surface area contributed by atoms with Crippen LogP contribution < -0.4 is 5.73 Å². The average Bonchev–Trinajstić information content (AvgIpc) is 3.03. The van der Waals surface area contributed by atoms with Gasteiger partial charge >= 0.3 is 0 Å². The van der Waals surface area contributed by atoms with Gasteiger partial charge in [0.15, 0.2) is 0 Å². The molecule has 3 fully saturated rings. The zero-order valence-corrected chi connectivity index (χ0v) is 16.0. The Balaban J connectivity index is 0.00000182. The van der Waals surface area contributed by atoms with Gasteiger partial charge in [-0.15, -0.1) is 12.4 Å². The first-order valence-electron chi connectivity index (χ1n) is 9.76. The van der Waals surface area contributed by atoms with Crippen LogP contribution >= 0.6 is 12.4 Å². The number of carbonyl (C=O) groups is 1. The normalized spacial score (nSPS) is 34.5. The Kier molecular flexibility index (Phi) is 5.75. The lowest BCUT2D eigenvalue weighted by Crippen LogP contribution is -2.49. The minimum absolute atomic E-state index is 0. The first-order chi connectivity index (χ1) is 11.6. The Morgan fingerprint density at radius 1 is 1.12 bits per heavy atom. The Morgan fingerprint density at radius 2 is 1.84 bits per heavy atom. The zero-order valence-electron chi connectivity index (χ0n) is 15.2. The molecule has 3 nitrogen and oxygen atoms in total. The van der Waals surface area contributed by atoms with Gasteiger partial charge < -0.3 is 10.6 Å². The summed E-state index contributed by atoms with van der Waals surface area (Å²) in [4.78, 5) is 15.5. The minimum Gasteiger partial charge on any atom is -0.335 e. The summed E-state index contributed by atoms with van der Waals surface area (Å²) in [5.74, 6) is 1.77. The largest absolute Gasteiger partial charge is 0.335 e. The summed E-state index contributed by atoms with van der Waals surface area (Å²) in [7, 11) is 0. The van der Waals surface area contributed by atoms with Crippen LogP contribution in [0.5, 0.6) is 0 Å².